The maximum absolute atomic E-state index is 14.4. The van der Waals surface area contributed by atoms with Crippen LogP contribution in [0.3, 0.4) is 0 Å². The fraction of sp³-hybridized carbons (Fsp3) is 0.450. The number of nitrogens with zero attached hydrogens (tertiary/aromatic N) is 1. The number of carbonyl (C=O) groups is 2. The smallest absolute Gasteiger partial charge is 0.335 e. The van der Waals surface area contributed by atoms with Gasteiger partial charge in [-0.2, -0.15) is 0 Å². The second-order valence-electron chi connectivity index (χ2n) is 7.25. The van der Waals surface area contributed by atoms with Crippen molar-refractivity contribution >= 4 is 17.6 Å². The van der Waals surface area contributed by atoms with Crippen LogP contribution in [0.2, 0.25) is 0 Å². The third-order valence-corrected chi connectivity index (χ3v) is 5.47. The molecule has 28 heavy (non-hydrogen) atoms. The molecule has 1 aliphatic carbocycles. The molecule has 0 bridgehead atoms. The van der Waals surface area contributed by atoms with Crippen LogP contribution in [-0.2, 0) is 4.79 Å². The third-order valence-electron chi connectivity index (χ3n) is 5.47. The molecule has 0 saturated carbocycles. The van der Waals surface area contributed by atoms with Crippen LogP contribution in [0, 0.1) is 17.1 Å². The molecule has 2 atom stereocenters. The monoisotopic (exact) mass is 389 g/mol. The van der Waals surface area contributed by atoms with Gasteiger partial charge in [0.05, 0.1) is 17.4 Å². The molecule has 0 aromatic heterocycles. The number of aliphatic hydroxyl groups excluding tert-OH is 1. The Labute approximate surface area is 162 Å². The topological polar surface area (TPSA) is 114 Å². The molecular formula is C20H24FN3O4. The van der Waals surface area contributed by atoms with E-state index in [0.29, 0.717) is 44.3 Å². The normalized spacial score (nSPS) is 22.3. The highest BCUT2D eigenvalue weighted by Gasteiger charge is 2.34. The molecule has 3 rings (SSSR count). The molecule has 1 aliphatic heterocycles. The lowest BCUT2D eigenvalue weighted by molar-refractivity contribution is -0.135. The molecule has 1 amide bonds. The summed E-state index contributed by atoms with van der Waals surface area (Å²) in [7, 11) is 1.71. The molecule has 1 aromatic carbocycles. The van der Waals surface area contributed by atoms with Crippen LogP contribution in [0.15, 0.2) is 29.5 Å². The van der Waals surface area contributed by atoms with Crippen molar-refractivity contribution in [1.82, 2.24) is 10.2 Å². The molecule has 1 heterocycles. The number of β-amino-alcohol motifs (C(OH)–C–C–N with tert-alkyl or cyclic N) is 1. The van der Waals surface area contributed by atoms with Crippen molar-refractivity contribution in [2.24, 2.45) is 5.92 Å². The minimum atomic E-state index is -1.22. The van der Waals surface area contributed by atoms with Crippen LogP contribution < -0.4 is 5.32 Å². The van der Waals surface area contributed by atoms with Crippen LogP contribution in [0.5, 0.6) is 0 Å². The van der Waals surface area contributed by atoms with E-state index in [2.05, 4.69) is 5.32 Å². The SMILES string of the molecule is CNC1=C(C(=N)c2ccc(C(=O)O)cc2F)CCC(C(=O)N2CCC(O)C2)C1. The van der Waals surface area contributed by atoms with Gasteiger partial charge >= 0.3 is 5.97 Å². The molecule has 8 heteroatoms. The predicted molar refractivity (Wildman–Crippen MR) is 101 cm³/mol. The lowest BCUT2D eigenvalue weighted by Gasteiger charge is -2.30. The summed E-state index contributed by atoms with van der Waals surface area (Å²) >= 11 is 0. The number of carboxylic acid groups (broad SMARTS) is 1. The zero-order valence-electron chi connectivity index (χ0n) is 15.7. The summed E-state index contributed by atoms with van der Waals surface area (Å²) in [5.74, 6) is -2.20. The van der Waals surface area contributed by atoms with E-state index in [9.17, 15) is 19.1 Å². The first-order chi connectivity index (χ1) is 13.3. The summed E-state index contributed by atoms with van der Waals surface area (Å²) in [6, 6.07) is 3.51. The summed E-state index contributed by atoms with van der Waals surface area (Å²) in [5.41, 5.74) is 1.23. The molecular weight excluding hydrogens is 365 g/mol. The molecule has 2 aliphatic rings. The van der Waals surface area contributed by atoms with Crippen molar-refractivity contribution in [3.63, 3.8) is 0 Å². The summed E-state index contributed by atoms with van der Waals surface area (Å²) in [5, 5.41) is 30.1. The number of nitrogens with one attached hydrogen (secondary N) is 2. The number of rotatable bonds is 5. The number of likely N-dealkylation sites (tertiary alicyclic amines) is 1. The molecule has 1 aromatic rings. The summed E-state index contributed by atoms with van der Waals surface area (Å²) < 4.78 is 14.4. The van der Waals surface area contributed by atoms with Crippen LogP contribution >= 0.6 is 0 Å². The van der Waals surface area contributed by atoms with Gasteiger partial charge < -0.3 is 20.4 Å². The van der Waals surface area contributed by atoms with Gasteiger partial charge in [-0.05, 0) is 49.5 Å². The molecule has 1 saturated heterocycles. The largest absolute Gasteiger partial charge is 0.478 e. The first-order valence-electron chi connectivity index (χ1n) is 9.30. The lowest BCUT2D eigenvalue weighted by Crippen LogP contribution is -2.37. The Bertz CT molecular complexity index is 852. The van der Waals surface area contributed by atoms with Crippen molar-refractivity contribution in [2.45, 2.75) is 31.8 Å². The van der Waals surface area contributed by atoms with Crippen molar-refractivity contribution in [3.05, 3.63) is 46.4 Å². The molecule has 2 unspecified atom stereocenters. The highest BCUT2D eigenvalue weighted by molar-refractivity contribution is 6.11. The van der Waals surface area contributed by atoms with Crippen LogP contribution in [-0.4, -0.2) is 58.9 Å². The summed E-state index contributed by atoms with van der Waals surface area (Å²) in [6.07, 6.45) is 1.54. The number of amides is 1. The van der Waals surface area contributed by atoms with Gasteiger partial charge in [0, 0.05) is 37.3 Å². The first kappa shape index (κ1) is 20.0. The fourth-order valence-electron chi connectivity index (χ4n) is 3.89. The van der Waals surface area contributed by atoms with Gasteiger partial charge in [0.2, 0.25) is 5.91 Å². The third kappa shape index (κ3) is 3.91. The maximum atomic E-state index is 14.4. The van der Waals surface area contributed by atoms with Gasteiger partial charge in [0.15, 0.2) is 0 Å². The van der Waals surface area contributed by atoms with Crippen molar-refractivity contribution < 1.29 is 24.2 Å². The number of benzene rings is 1. The highest BCUT2D eigenvalue weighted by atomic mass is 19.1. The molecule has 0 radical (unpaired) electrons. The maximum Gasteiger partial charge on any atom is 0.335 e. The van der Waals surface area contributed by atoms with Crippen molar-refractivity contribution in [1.29, 1.82) is 5.41 Å². The van der Waals surface area contributed by atoms with Crippen LogP contribution in [0.4, 0.5) is 4.39 Å². The molecule has 150 valence electrons. The van der Waals surface area contributed by atoms with E-state index in [4.69, 9.17) is 10.5 Å². The Kier molecular flexibility index (Phi) is 5.79. The number of hydrogen-bond acceptors (Lipinski definition) is 5. The molecule has 1 fully saturated rings. The van der Waals surface area contributed by atoms with Crippen LogP contribution in [0.25, 0.3) is 0 Å². The average molecular weight is 389 g/mol. The number of hydrogen-bond donors (Lipinski definition) is 4. The Morgan fingerprint density at radius 1 is 1.32 bits per heavy atom. The zero-order valence-corrected chi connectivity index (χ0v) is 15.7. The molecule has 0 spiro atoms. The number of aliphatic hydroxyl groups is 1. The van der Waals surface area contributed by atoms with Crippen LogP contribution in [0.1, 0.15) is 41.6 Å². The van der Waals surface area contributed by atoms with Crippen molar-refractivity contribution in [2.75, 3.05) is 20.1 Å². The van der Waals surface area contributed by atoms with Gasteiger partial charge in [-0.25, -0.2) is 9.18 Å². The van der Waals surface area contributed by atoms with E-state index >= 15 is 0 Å². The fourth-order valence-corrected chi connectivity index (χ4v) is 3.89. The quantitative estimate of drug-likeness (QED) is 0.573. The van der Waals surface area contributed by atoms with Gasteiger partial charge in [-0.3, -0.25) is 10.2 Å². The summed E-state index contributed by atoms with van der Waals surface area (Å²) in [6.45, 7) is 0.913. The Balaban J connectivity index is 1.80. The Morgan fingerprint density at radius 2 is 2.07 bits per heavy atom. The van der Waals surface area contributed by atoms with E-state index in [1.165, 1.54) is 12.1 Å². The Morgan fingerprint density at radius 3 is 2.64 bits per heavy atom. The van der Waals surface area contributed by atoms with Gasteiger partial charge in [-0.15, -0.1) is 0 Å². The Hall–Kier alpha value is -2.74. The minimum Gasteiger partial charge on any atom is -0.478 e. The lowest BCUT2D eigenvalue weighted by atomic mass is 9.82. The first-order valence-corrected chi connectivity index (χ1v) is 9.30. The predicted octanol–water partition coefficient (Wildman–Crippen LogP) is 1.76. The van der Waals surface area contributed by atoms with Gasteiger partial charge in [0.1, 0.15) is 5.82 Å². The average Bonchev–Trinajstić information content (AvgIpc) is 3.12. The molecule has 7 nitrogen and oxygen atoms in total. The van der Waals surface area contributed by atoms with Crippen molar-refractivity contribution in [3.8, 4) is 0 Å². The van der Waals surface area contributed by atoms with E-state index in [-0.39, 0.29) is 28.7 Å². The summed E-state index contributed by atoms with van der Waals surface area (Å²) in [4.78, 5) is 25.4. The number of carboxylic acids is 1. The van der Waals surface area contributed by atoms with Gasteiger partial charge in [-0.1, -0.05) is 0 Å². The van der Waals surface area contributed by atoms with Gasteiger partial charge in [0.25, 0.3) is 0 Å². The number of halogens is 1. The number of aromatic carboxylic acids is 1. The second-order valence-corrected chi connectivity index (χ2v) is 7.25. The van der Waals surface area contributed by atoms with E-state index < -0.39 is 17.9 Å². The number of allylic oxidation sites excluding steroid dienone is 2. The van der Waals surface area contributed by atoms with E-state index in [1.807, 2.05) is 0 Å². The van der Waals surface area contributed by atoms with E-state index in [0.717, 1.165) is 11.8 Å². The minimum absolute atomic E-state index is 0.00119. The second kappa shape index (κ2) is 8.10. The molecule has 4 N–H and O–H groups in total. The highest BCUT2D eigenvalue weighted by Crippen LogP contribution is 2.32. The number of carbonyl (C=O) groups excluding carboxylic acids is 1. The standard InChI is InChI=1S/C20H24FN3O4/c1-23-17-9-11(19(26)24-7-6-13(25)10-24)2-5-15(17)18(22)14-4-3-12(20(27)28)8-16(14)21/h3-4,8,11,13,22-23,25H,2,5-7,9-10H2,1H3,(H,27,28). The zero-order chi connectivity index (χ0) is 20.4. The van der Waals surface area contributed by atoms with E-state index in [1.54, 1.807) is 11.9 Å².